The maximum atomic E-state index is 12.6. The second-order valence-electron chi connectivity index (χ2n) is 7.08. The van der Waals surface area contributed by atoms with E-state index in [4.69, 9.17) is 19.9 Å². The number of carbonyl (C=O) groups is 4. The van der Waals surface area contributed by atoms with Crippen LogP contribution in [0.15, 0.2) is 18.2 Å². The van der Waals surface area contributed by atoms with E-state index in [0.29, 0.717) is 18.4 Å². The number of nitrogens with one attached hydrogen (secondary N) is 1. The molecule has 158 valence electrons. The molecule has 9 nitrogen and oxygen atoms in total. The van der Waals surface area contributed by atoms with Crippen LogP contribution in [0.1, 0.15) is 45.1 Å². The maximum absolute atomic E-state index is 12.6. The van der Waals surface area contributed by atoms with Gasteiger partial charge in [0.25, 0.3) is 0 Å². The van der Waals surface area contributed by atoms with Crippen molar-refractivity contribution in [2.45, 2.75) is 57.5 Å². The van der Waals surface area contributed by atoms with Crippen LogP contribution < -0.4 is 20.5 Å². The van der Waals surface area contributed by atoms with Gasteiger partial charge in [0.15, 0.2) is 11.5 Å². The molecule has 1 aliphatic rings. The smallest absolute Gasteiger partial charge is 0.328 e. The van der Waals surface area contributed by atoms with Gasteiger partial charge in [0.2, 0.25) is 5.91 Å². The lowest BCUT2D eigenvalue weighted by Crippen LogP contribution is -2.56. The summed E-state index contributed by atoms with van der Waals surface area (Å²) < 4.78 is 14.9. The van der Waals surface area contributed by atoms with E-state index in [9.17, 15) is 19.2 Å². The molecule has 0 aromatic heterocycles. The van der Waals surface area contributed by atoms with Gasteiger partial charge >= 0.3 is 17.9 Å². The number of ether oxygens (including phenoxy) is 3. The fourth-order valence-electron chi connectivity index (χ4n) is 3.26. The van der Waals surface area contributed by atoms with E-state index in [1.165, 1.54) is 33.1 Å². The molecule has 29 heavy (non-hydrogen) atoms. The number of hydrogen-bond donors (Lipinski definition) is 2. The Morgan fingerprint density at radius 1 is 1.07 bits per heavy atom. The molecule has 9 heteroatoms. The van der Waals surface area contributed by atoms with Crippen LogP contribution in [0.5, 0.6) is 11.5 Å². The van der Waals surface area contributed by atoms with Gasteiger partial charge in [0, 0.05) is 20.3 Å². The molecule has 1 saturated carbocycles. The van der Waals surface area contributed by atoms with E-state index in [1.807, 2.05) is 0 Å². The quantitative estimate of drug-likeness (QED) is 0.506. The first-order valence-corrected chi connectivity index (χ1v) is 9.32. The largest absolute Gasteiger partial charge is 0.467 e. The average Bonchev–Trinajstić information content (AvgIpc) is 3.09. The highest BCUT2D eigenvalue weighted by molar-refractivity contribution is 5.90. The van der Waals surface area contributed by atoms with E-state index in [0.717, 1.165) is 12.8 Å². The van der Waals surface area contributed by atoms with Crippen molar-refractivity contribution in [3.05, 3.63) is 23.8 Å². The van der Waals surface area contributed by atoms with Gasteiger partial charge in [0.05, 0.1) is 12.6 Å². The van der Waals surface area contributed by atoms with Crippen molar-refractivity contribution in [3.8, 4) is 11.5 Å². The molecule has 0 unspecified atom stereocenters. The third-order valence-corrected chi connectivity index (χ3v) is 4.69. The summed E-state index contributed by atoms with van der Waals surface area (Å²) >= 11 is 0. The second kappa shape index (κ2) is 9.51. The van der Waals surface area contributed by atoms with Crippen LogP contribution in [0.3, 0.4) is 0 Å². The molecule has 1 atom stereocenters. The van der Waals surface area contributed by atoms with Crippen molar-refractivity contribution in [1.29, 1.82) is 0 Å². The lowest BCUT2D eigenvalue weighted by atomic mass is 9.96. The Morgan fingerprint density at radius 3 is 2.21 bits per heavy atom. The Balaban J connectivity index is 2.23. The molecule has 3 N–H and O–H groups in total. The molecule has 0 bridgehead atoms. The fraction of sp³-hybridized carbons (Fsp3) is 0.500. The molecule has 1 fully saturated rings. The molecule has 0 radical (unpaired) electrons. The van der Waals surface area contributed by atoms with Crippen LogP contribution in [0.4, 0.5) is 0 Å². The number of hydrogen-bond acceptors (Lipinski definition) is 8. The van der Waals surface area contributed by atoms with Crippen LogP contribution in [-0.2, 0) is 30.3 Å². The summed E-state index contributed by atoms with van der Waals surface area (Å²) in [5.41, 5.74) is 5.73. The Kier molecular flexibility index (Phi) is 7.33. The van der Waals surface area contributed by atoms with Gasteiger partial charge in [-0.1, -0.05) is 18.9 Å². The second-order valence-corrected chi connectivity index (χ2v) is 7.08. The van der Waals surface area contributed by atoms with Gasteiger partial charge < -0.3 is 25.3 Å². The highest BCUT2D eigenvalue weighted by Gasteiger charge is 2.39. The summed E-state index contributed by atoms with van der Waals surface area (Å²) in [6.07, 6.45) is 2.90. The van der Waals surface area contributed by atoms with Crippen molar-refractivity contribution in [1.82, 2.24) is 5.32 Å². The summed E-state index contributed by atoms with van der Waals surface area (Å²) in [5, 5.41) is 2.67. The molecular weight excluding hydrogens is 380 g/mol. The van der Waals surface area contributed by atoms with Crippen molar-refractivity contribution in [2.24, 2.45) is 5.73 Å². The number of carbonyl (C=O) groups excluding carboxylic acids is 4. The van der Waals surface area contributed by atoms with Crippen molar-refractivity contribution < 1.29 is 33.4 Å². The van der Waals surface area contributed by atoms with E-state index in [2.05, 4.69) is 5.32 Å². The van der Waals surface area contributed by atoms with Crippen molar-refractivity contribution in [3.63, 3.8) is 0 Å². The Labute approximate surface area is 168 Å². The molecule has 1 aromatic carbocycles. The number of amides is 1. The number of methoxy groups -OCH3 is 1. The molecule has 0 saturated heterocycles. The molecular formula is C20H26N2O7. The van der Waals surface area contributed by atoms with Crippen LogP contribution in [0.25, 0.3) is 0 Å². The average molecular weight is 406 g/mol. The standard InChI is InChI=1S/C20H26N2O7/c1-12(23)28-16-7-6-14(11-17(16)29-13(2)24)10-15(18(25)27-3)22-19(26)20(21)8-4-5-9-20/h6-7,11,15H,4-5,8-10,21H2,1-3H3,(H,22,26)/t15-/m0/s1. The lowest BCUT2D eigenvalue weighted by Gasteiger charge is -2.25. The SMILES string of the molecule is COC(=O)[C@H](Cc1ccc(OC(C)=O)c(OC(C)=O)c1)NC(=O)C1(N)CCCC1. The van der Waals surface area contributed by atoms with Crippen LogP contribution in [0.2, 0.25) is 0 Å². The summed E-state index contributed by atoms with van der Waals surface area (Å²) in [6, 6.07) is 3.54. The third-order valence-electron chi connectivity index (χ3n) is 4.69. The van der Waals surface area contributed by atoms with Gasteiger partial charge in [-0.2, -0.15) is 0 Å². The Morgan fingerprint density at radius 2 is 1.66 bits per heavy atom. The summed E-state index contributed by atoms with van der Waals surface area (Å²) in [6.45, 7) is 2.43. The minimum absolute atomic E-state index is 0.0335. The van der Waals surface area contributed by atoms with Crippen LogP contribution in [0, 0.1) is 0 Å². The highest BCUT2D eigenvalue weighted by atomic mass is 16.6. The first-order valence-electron chi connectivity index (χ1n) is 9.32. The molecule has 1 amide bonds. The minimum atomic E-state index is -0.992. The Bertz CT molecular complexity index is 800. The van der Waals surface area contributed by atoms with Crippen molar-refractivity contribution >= 4 is 23.8 Å². The lowest BCUT2D eigenvalue weighted by molar-refractivity contribution is -0.145. The van der Waals surface area contributed by atoms with E-state index in [1.54, 1.807) is 6.07 Å². The van der Waals surface area contributed by atoms with Gasteiger partial charge in [-0.3, -0.25) is 14.4 Å². The number of benzene rings is 1. The summed E-state index contributed by atoms with van der Waals surface area (Å²) in [5.74, 6) is -2.09. The zero-order valence-electron chi connectivity index (χ0n) is 16.8. The van der Waals surface area contributed by atoms with Gasteiger partial charge in [-0.05, 0) is 30.5 Å². The maximum Gasteiger partial charge on any atom is 0.328 e. The number of esters is 3. The predicted molar refractivity (Wildman–Crippen MR) is 102 cm³/mol. The first-order chi connectivity index (χ1) is 13.6. The topological polar surface area (TPSA) is 134 Å². The molecule has 0 heterocycles. The zero-order valence-corrected chi connectivity index (χ0v) is 16.8. The third kappa shape index (κ3) is 6.02. The van der Waals surface area contributed by atoms with Gasteiger partial charge in [-0.15, -0.1) is 0 Å². The number of rotatable bonds is 7. The molecule has 1 aromatic rings. The van der Waals surface area contributed by atoms with E-state index < -0.39 is 35.4 Å². The fourth-order valence-corrected chi connectivity index (χ4v) is 3.26. The monoisotopic (exact) mass is 406 g/mol. The first kappa shape index (κ1) is 22.4. The Hall–Kier alpha value is -2.94. The van der Waals surface area contributed by atoms with E-state index in [-0.39, 0.29) is 17.9 Å². The minimum Gasteiger partial charge on any atom is -0.467 e. The molecule has 0 spiro atoms. The predicted octanol–water partition coefficient (Wildman–Crippen LogP) is 1.01. The highest BCUT2D eigenvalue weighted by Crippen LogP contribution is 2.30. The van der Waals surface area contributed by atoms with Crippen LogP contribution >= 0.6 is 0 Å². The van der Waals surface area contributed by atoms with Gasteiger partial charge in [0.1, 0.15) is 6.04 Å². The molecule has 0 aliphatic heterocycles. The van der Waals surface area contributed by atoms with Crippen molar-refractivity contribution in [2.75, 3.05) is 7.11 Å². The zero-order chi connectivity index (χ0) is 21.6. The van der Waals surface area contributed by atoms with Gasteiger partial charge in [-0.25, -0.2) is 4.79 Å². The number of nitrogens with two attached hydrogens (primary N) is 1. The molecule has 2 rings (SSSR count). The molecule has 1 aliphatic carbocycles. The normalized spacial score (nSPS) is 15.9. The van der Waals surface area contributed by atoms with E-state index >= 15 is 0 Å². The van der Waals surface area contributed by atoms with Crippen LogP contribution in [-0.4, -0.2) is 42.5 Å². The summed E-state index contributed by atoms with van der Waals surface area (Å²) in [4.78, 5) is 47.4. The summed E-state index contributed by atoms with van der Waals surface area (Å²) in [7, 11) is 1.23.